The standard InChI is InChI=1S/C24H27N5O3/c1-24(2,30)20-9-14(5-7-25-20)27-21-10-16(6-8-26-21)32-19-11-29(15-3-4-15)28-23(19)22-17-12-31-13-18(17)22/h5-11,15,17-18,22,30H,3-4,12-13H2,1-2H3,(H,25,26,27). The third-order valence-corrected chi connectivity index (χ3v) is 6.53. The van der Waals surface area contributed by atoms with Gasteiger partial charge in [-0.05, 0) is 56.7 Å². The highest BCUT2D eigenvalue weighted by Crippen LogP contribution is 2.59. The zero-order valence-corrected chi connectivity index (χ0v) is 18.2. The van der Waals surface area contributed by atoms with Crippen LogP contribution >= 0.6 is 0 Å². The average molecular weight is 434 g/mol. The summed E-state index contributed by atoms with van der Waals surface area (Å²) in [7, 11) is 0. The molecule has 3 fully saturated rings. The van der Waals surface area contributed by atoms with Crippen molar-refractivity contribution in [1.29, 1.82) is 0 Å². The molecule has 8 nitrogen and oxygen atoms in total. The van der Waals surface area contributed by atoms with Crippen LogP contribution < -0.4 is 10.1 Å². The minimum absolute atomic E-state index is 0.440. The van der Waals surface area contributed by atoms with Crippen LogP contribution in [0.5, 0.6) is 11.5 Å². The summed E-state index contributed by atoms with van der Waals surface area (Å²) >= 11 is 0. The molecule has 6 rings (SSSR count). The van der Waals surface area contributed by atoms with Crippen molar-refractivity contribution in [3.63, 3.8) is 0 Å². The first-order valence-corrected chi connectivity index (χ1v) is 11.2. The van der Waals surface area contributed by atoms with Gasteiger partial charge in [0.15, 0.2) is 5.75 Å². The minimum Gasteiger partial charge on any atom is -0.454 e. The molecule has 3 aliphatic rings. The highest BCUT2D eigenvalue weighted by atomic mass is 16.5. The van der Waals surface area contributed by atoms with Crippen molar-refractivity contribution in [3.8, 4) is 11.5 Å². The van der Waals surface area contributed by atoms with Crippen molar-refractivity contribution in [3.05, 3.63) is 54.2 Å². The number of aromatic nitrogens is 4. The van der Waals surface area contributed by atoms with Crippen LogP contribution in [0.15, 0.2) is 42.9 Å². The van der Waals surface area contributed by atoms with Crippen LogP contribution in [0.4, 0.5) is 11.5 Å². The molecular weight excluding hydrogens is 406 g/mol. The number of fused-ring (bicyclic) bond motifs is 1. The summed E-state index contributed by atoms with van der Waals surface area (Å²) in [5, 5.41) is 18.4. The summed E-state index contributed by atoms with van der Waals surface area (Å²) in [4.78, 5) is 8.67. The fourth-order valence-corrected chi connectivity index (χ4v) is 4.53. The predicted octanol–water partition coefficient (Wildman–Crippen LogP) is 4.13. The van der Waals surface area contributed by atoms with Crippen LogP contribution in [0.1, 0.15) is 50.0 Å². The number of hydrogen-bond acceptors (Lipinski definition) is 7. The second-order valence-corrected chi connectivity index (χ2v) is 9.57. The SMILES string of the molecule is CC(C)(O)c1cc(Nc2cc(Oc3cn(C4CC4)nc3C3C4COCC43)ccn2)ccn1. The first-order chi connectivity index (χ1) is 15.5. The zero-order chi connectivity index (χ0) is 21.9. The van der Waals surface area contributed by atoms with E-state index in [1.54, 1.807) is 26.2 Å². The number of aliphatic hydroxyl groups is 1. The largest absolute Gasteiger partial charge is 0.454 e. The molecule has 3 aromatic rings. The topological polar surface area (TPSA) is 94.3 Å². The van der Waals surface area contributed by atoms with E-state index < -0.39 is 5.60 Å². The van der Waals surface area contributed by atoms with E-state index >= 15 is 0 Å². The fourth-order valence-electron chi connectivity index (χ4n) is 4.53. The molecule has 2 unspecified atom stereocenters. The third kappa shape index (κ3) is 3.73. The molecule has 2 atom stereocenters. The lowest BCUT2D eigenvalue weighted by molar-refractivity contribution is 0.0739. The normalized spacial score (nSPS) is 24.3. The zero-order valence-electron chi connectivity index (χ0n) is 18.2. The first kappa shape index (κ1) is 19.7. The molecule has 8 heteroatoms. The van der Waals surface area contributed by atoms with Gasteiger partial charge in [0.1, 0.15) is 22.9 Å². The lowest BCUT2D eigenvalue weighted by atomic mass is 10.0. The number of ether oxygens (including phenoxy) is 2. The smallest absolute Gasteiger partial charge is 0.168 e. The summed E-state index contributed by atoms with van der Waals surface area (Å²) in [6.45, 7) is 5.08. The van der Waals surface area contributed by atoms with Crippen LogP contribution in [0.2, 0.25) is 0 Å². The molecule has 0 aromatic carbocycles. The number of hydrogen-bond donors (Lipinski definition) is 2. The van der Waals surface area contributed by atoms with E-state index in [0.29, 0.717) is 41.1 Å². The van der Waals surface area contributed by atoms with Crippen molar-refractivity contribution in [2.75, 3.05) is 18.5 Å². The highest BCUT2D eigenvalue weighted by Gasteiger charge is 2.57. The number of rotatable bonds is 7. The molecule has 0 spiro atoms. The van der Waals surface area contributed by atoms with Crippen LogP contribution in [-0.4, -0.2) is 38.1 Å². The molecule has 32 heavy (non-hydrogen) atoms. The van der Waals surface area contributed by atoms with Gasteiger partial charge in [0.2, 0.25) is 0 Å². The van der Waals surface area contributed by atoms with Gasteiger partial charge in [-0.25, -0.2) is 4.98 Å². The van der Waals surface area contributed by atoms with E-state index in [2.05, 4.69) is 20.0 Å². The first-order valence-electron chi connectivity index (χ1n) is 11.2. The lowest BCUT2D eigenvalue weighted by Gasteiger charge is -2.17. The molecule has 0 amide bonds. The monoisotopic (exact) mass is 433 g/mol. The maximum Gasteiger partial charge on any atom is 0.168 e. The molecule has 4 heterocycles. The Balaban J connectivity index is 1.23. The summed E-state index contributed by atoms with van der Waals surface area (Å²) in [6, 6.07) is 7.90. The molecule has 0 radical (unpaired) electrons. The van der Waals surface area contributed by atoms with E-state index in [9.17, 15) is 5.11 Å². The van der Waals surface area contributed by atoms with Gasteiger partial charge in [-0.2, -0.15) is 5.10 Å². The van der Waals surface area contributed by atoms with Crippen molar-refractivity contribution in [1.82, 2.24) is 19.7 Å². The van der Waals surface area contributed by atoms with Gasteiger partial charge < -0.3 is 19.9 Å². The molecule has 3 aromatic heterocycles. The van der Waals surface area contributed by atoms with Gasteiger partial charge >= 0.3 is 0 Å². The molecule has 2 N–H and O–H groups in total. The maximum atomic E-state index is 10.2. The Bertz CT molecular complexity index is 1140. The van der Waals surface area contributed by atoms with Gasteiger partial charge in [-0.3, -0.25) is 9.67 Å². The average Bonchev–Trinajstić information content (AvgIpc) is 3.64. The molecular formula is C24H27N5O3. The van der Waals surface area contributed by atoms with Crippen LogP contribution in [0.3, 0.4) is 0 Å². The Kier molecular flexibility index (Phi) is 4.48. The second-order valence-electron chi connectivity index (χ2n) is 9.57. The molecule has 0 bridgehead atoms. The second kappa shape index (κ2) is 7.28. The van der Waals surface area contributed by atoms with Crippen LogP contribution in [0, 0.1) is 11.8 Å². The van der Waals surface area contributed by atoms with E-state index in [0.717, 1.165) is 30.3 Å². The molecule has 1 saturated heterocycles. The van der Waals surface area contributed by atoms with E-state index in [1.807, 2.05) is 30.5 Å². The predicted molar refractivity (Wildman–Crippen MR) is 118 cm³/mol. The summed E-state index contributed by atoms with van der Waals surface area (Å²) < 4.78 is 14.0. The number of pyridine rings is 2. The minimum atomic E-state index is -1.01. The number of nitrogens with one attached hydrogen (secondary N) is 1. The summed E-state index contributed by atoms with van der Waals surface area (Å²) in [5.41, 5.74) is 1.44. The molecule has 2 saturated carbocycles. The Labute approximate surface area is 186 Å². The van der Waals surface area contributed by atoms with E-state index in [1.165, 1.54) is 12.8 Å². The van der Waals surface area contributed by atoms with Gasteiger partial charge in [-0.15, -0.1) is 0 Å². The van der Waals surface area contributed by atoms with Crippen molar-refractivity contribution >= 4 is 11.5 Å². The Hall–Kier alpha value is -2.97. The number of nitrogens with zero attached hydrogens (tertiary/aromatic N) is 4. The van der Waals surface area contributed by atoms with Gasteiger partial charge in [0.25, 0.3) is 0 Å². The lowest BCUT2D eigenvalue weighted by Crippen LogP contribution is -2.17. The van der Waals surface area contributed by atoms with Gasteiger partial charge in [0.05, 0.1) is 31.1 Å². The molecule has 1 aliphatic heterocycles. The van der Waals surface area contributed by atoms with Crippen molar-refractivity contribution in [2.24, 2.45) is 11.8 Å². The van der Waals surface area contributed by atoms with E-state index in [-0.39, 0.29) is 0 Å². The van der Waals surface area contributed by atoms with Gasteiger partial charge in [-0.1, -0.05) is 0 Å². The third-order valence-electron chi connectivity index (χ3n) is 6.53. The fraction of sp³-hybridized carbons (Fsp3) is 0.458. The van der Waals surface area contributed by atoms with E-state index in [4.69, 9.17) is 14.6 Å². The maximum absolute atomic E-state index is 10.2. The van der Waals surface area contributed by atoms with Crippen LogP contribution in [0.25, 0.3) is 0 Å². The summed E-state index contributed by atoms with van der Waals surface area (Å²) in [6.07, 6.45) is 7.81. The summed E-state index contributed by atoms with van der Waals surface area (Å²) in [5.74, 6) is 3.79. The Morgan fingerprint density at radius 2 is 1.91 bits per heavy atom. The molecule has 2 aliphatic carbocycles. The number of anilines is 2. The Morgan fingerprint density at radius 1 is 1.12 bits per heavy atom. The van der Waals surface area contributed by atoms with Gasteiger partial charge in [0, 0.05) is 30.1 Å². The quantitative estimate of drug-likeness (QED) is 0.578. The van der Waals surface area contributed by atoms with Crippen LogP contribution in [-0.2, 0) is 10.3 Å². The van der Waals surface area contributed by atoms with Crippen molar-refractivity contribution in [2.45, 2.75) is 44.2 Å². The highest BCUT2D eigenvalue weighted by molar-refractivity contribution is 5.58. The molecule has 166 valence electrons. The van der Waals surface area contributed by atoms with Crippen molar-refractivity contribution < 1.29 is 14.6 Å². The Morgan fingerprint density at radius 3 is 2.66 bits per heavy atom.